The van der Waals surface area contributed by atoms with E-state index in [1.54, 1.807) is 11.3 Å². The van der Waals surface area contributed by atoms with Gasteiger partial charge in [-0.2, -0.15) is 0 Å². The number of carbonyl (C=O) groups is 2. The van der Waals surface area contributed by atoms with E-state index in [9.17, 15) is 9.59 Å². The molecule has 1 N–H and O–H groups in total. The van der Waals surface area contributed by atoms with E-state index in [-0.39, 0.29) is 30.3 Å². The Hall–Kier alpha value is -2.14. The molecular weight excluding hydrogens is 332 g/mol. The van der Waals surface area contributed by atoms with Crippen LogP contribution in [0.4, 0.5) is 0 Å². The lowest BCUT2D eigenvalue weighted by atomic mass is 10.1. The normalized spacial score (nSPS) is 13.1. The number of hydrogen-bond donors (Lipinski definition) is 1. The zero-order chi connectivity index (χ0) is 18.2. The van der Waals surface area contributed by atoms with Crippen LogP contribution in [0.2, 0.25) is 0 Å². The molecule has 2 amide bonds. The number of carbonyl (C=O) groups excluding carboxylic acids is 2. The molecule has 0 bridgehead atoms. The van der Waals surface area contributed by atoms with E-state index in [4.69, 9.17) is 0 Å². The topological polar surface area (TPSA) is 49.4 Å². The number of amides is 2. The molecule has 0 aliphatic heterocycles. The molecular formula is C20H26N2O2S. The number of thiophene rings is 1. The molecule has 1 aromatic carbocycles. The van der Waals surface area contributed by atoms with Crippen LogP contribution in [0.3, 0.4) is 0 Å². The van der Waals surface area contributed by atoms with Crippen LogP contribution in [-0.2, 0) is 16.1 Å². The molecule has 1 aromatic heterocycles. The monoisotopic (exact) mass is 358 g/mol. The maximum absolute atomic E-state index is 13.0. The fraction of sp³-hybridized carbons (Fsp3) is 0.400. The molecule has 25 heavy (non-hydrogen) atoms. The lowest BCUT2D eigenvalue weighted by molar-refractivity contribution is -0.134. The van der Waals surface area contributed by atoms with Crippen LogP contribution in [0, 0.1) is 0 Å². The summed E-state index contributed by atoms with van der Waals surface area (Å²) in [6.07, 6.45) is 1.17. The van der Waals surface area contributed by atoms with Gasteiger partial charge in [-0.15, -0.1) is 11.3 Å². The Balaban J connectivity index is 2.15. The first-order valence-electron chi connectivity index (χ1n) is 8.65. The van der Waals surface area contributed by atoms with E-state index in [1.807, 2.05) is 52.7 Å². The number of nitrogens with zero attached hydrogens (tertiary/aromatic N) is 1. The first-order valence-corrected chi connectivity index (χ1v) is 9.53. The maximum atomic E-state index is 13.0. The van der Waals surface area contributed by atoms with Gasteiger partial charge in [0.05, 0.1) is 12.5 Å². The molecule has 134 valence electrons. The minimum Gasteiger partial charge on any atom is -0.348 e. The smallest absolute Gasteiger partial charge is 0.225 e. The SMILES string of the molecule is CC[C@@H](C)N(Cc1ccccc1)C(=O)C[C@@H](NC(C)=O)c1cccs1. The van der Waals surface area contributed by atoms with E-state index < -0.39 is 0 Å². The van der Waals surface area contributed by atoms with Crippen LogP contribution in [-0.4, -0.2) is 22.8 Å². The van der Waals surface area contributed by atoms with Crippen molar-refractivity contribution < 1.29 is 9.59 Å². The van der Waals surface area contributed by atoms with Crippen molar-refractivity contribution in [2.45, 2.75) is 52.2 Å². The second kappa shape index (κ2) is 9.37. The minimum absolute atomic E-state index is 0.0605. The van der Waals surface area contributed by atoms with Crippen molar-refractivity contribution >= 4 is 23.2 Å². The number of nitrogens with one attached hydrogen (secondary N) is 1. The summed E-state index contributed by atoms with van der Waals surface area (Å²) in [5.74, 6) is -0.0605. The van der Waals surface area contributed by atoms with Gasteiger partial charge in [-0.1, -0.05) is 43.3 Å². The Morgan fingerprint density at radius 2 is 1.88 bits per heavy atom. The summed E-state index contributed by atoms with van der Waals surface area (Å²) < 4.78 is 0. The van der Waals surface area contributed by atoms with Crippen molar-refractivity contribution in [1.29, 1.82) is 0 Å². The highest BCUT2D eigenvalue weighted by Gasteiger charge is 2.24. The van der Waals surface area contributed by atoms with Crippen molar-refractivity contribution in [3.8, 4) is 0 Å². The lowest BCUT2D eigenvalue weighted by Gasteiger charge is -2.30. The molecule has 2 atom stereocenters. The van der Waals surface area contributed by atoms with E-state index in [0.29, 0.717) is 6.54 Å². The summed E-state index contributed by atoms with van der Waals surface area (Å²) in [6, 6.07) is 13.8. The fourth-order valence-electron chi connectivity index (χ4n) is 2.74. The average molecular weight is 359 g/mol. The summed E-state index contributed by atoms with van der Waals surface area (Å²) in [7, 11) is 0. The molecule has 0 saturated carbocycles. The Kier molecular flexibility index (Phi) is 7.19. The van der Waals surface area contributed by atoms with Crippen molar-refractivity contribution in [2.75, 3.05) is 0 Å². The summed E-state index contributed by atoms with van der Waals surface area (Å²) >= 11 is 1.56. The first-order chi connectivity index (χ1) is 12.0. The summed E-state index contributed by atoms with van der Waals surface area (Å²) in [6.45, 7) is 6.23. The molecule has 0 unspecified atom stereocenters. The Morgan fingerprint density at radius 1 is 1.16 bits per heavy atom. The third-order valence-electron chi connectivity index (χ3n) is 4.28. The van der Waals surface area contributed by atoms with Gasteiger partial charge in [-0.05, 0) is 30.4 Å². The summed E-state index contributed by atoms with van der Waals surface area (Å²) in [5, 5.41) is 4.88. The van der Waals surface area contributed by atoms with Crippen LogP contribution in [0.25, 0.3) is 0 Å². The molecule has 0 saturated heterocycles. The van der Waals surface area contributed by atoms with Crippen LogP contribution >= 0.6 is 11.3 Å². The molecule has 0 radical (unpaired) electrons. The second-order valence-electron chi connectivity index (χ2n) is 6.24. The van der Waals surface area contributed by atoms with E-state index >= 15 is 0 Å². The van der Waals surface area contributed by atoms with Crippen LogP contribution in [0.5, 0.6) is 0 Å². The third kappa shape index (κ3) is 5.71. The van der Waals surface area contributed by atoms with E-state index in [0.717, 1.165) is 16.9 Å². The summed E-state index contributed by atoms with van der Waals surface area (Å²) in [4.78, 5) is 27.5. The molecule has 4 nitrogen and oxygen atoms in total. The zero-order valence-electron chi connectivity index (χ0n) is 15.1. The predicted octanol–water partition coefficient (Wildman–Crippen LogP) is 4.14. The van der Waals surface area contributed by atoms with Gasteiger partial charge in [0.1, 0.15) is 0 Å². The van der Waals surface area contributed by atoms with Gasteiger partial charge in [-0.3, -0.25) is 9.59 Å². The highest BCUT2D eigenvalue weighted by molar-refractivity contribution is 7.10. The highest BCUT2D eigenvalue weighted by atomic mass is 32.1. The Morgan fingerprint density at radius 3 is 2.44 bits per heavy atom. The Labute approximate surface area is 153 Å². The molecule has 2 rings (SSSR count). The molecule has 0 aliphatic carbocycles. The van der Waals surface area contributed by atoms with Gasteiger partial charge in [0.15, 0.2) is 0 Å². The van der Waals surface area contributed by atoms with E-state index in [2.05, 4.69) is 19.2 Å². The van der Waals surface area contributed by atoms with Crippen molar-refractivity contribution in [2.24, 2.45) is 0 Å². The first kappa shape index (κ1) is 19.2. The highest BCUT2D eigenvalue weighted by Crippen LogP contribution is 2.24. The van der Waals surface area contributed by atoms with Crippen molar-refractivity contribution in [3.63, 3.8) is 0 Å². The van der Waals surface area contributed by atoms with E-state index in [1.165, 1.54) is 6.92 Å². The van der Waals surface area contributed by atoms with Gasteiger partial charge in [0, 0.05) is 24.4 Å². The maximum Gasteiger partial charge on any atom is 0.225 e. The largest absolute Gasteiger partial charge is 0.348 e. The predicted molar refractivity (Wildman–Crippen MR) is 102 cm³/mol. The molecule has 5 heteroatoms. The number of rotatable bonds is 8. The van der Waals surface area contributed by atoms with Gasteiger partial charge in [0.25, 0.3) is 0 Å². The minimum atomic E-state index is -0.271. The van der Waals surface area contributed by atoms with Gasteiger partial charge < -0.3 is 10.2 Å². The number of hydrogen-bond acceptors (Lipinski definition) is 3. The second-order valence-corrected chi connectivity index (χ2v) is 7.22. The van der Waals surface area contributed by atoms with Crippen molar-refractivity contribution in [1.82, 2.24) is 10.2 Å². The van der Waals surface area contributed by atoms with Crippen LogP contribution in [0.15, 0.2) is 47.8 Å². The van der Waals surface area contributed by atoms with Crippen molar-refractivity contribution in [3.05, 3.63) is 58.3 Å². The van der Waals surface area contributed by atoms with Gasteiger partial charge in [-0.25, -0.2) is 0 Å². The quantitative estimate of drug-likeness (QED) is 0.771. The molecule has 0 aliphatic rings. The lowest BCUT2D eigenvalue weighted by Crippen LogP contribution is -2.40. The van der Waals surface area contributed by atoms with Gasteiger partial charge >= 0.3 is 0 Å². The fourth-order valence-corrected chi connectivity index (χ4v) is 3.52. The zero-order valence-corrected chi connectivity index (χ0v) is 15.9. The molecule has 2 aromatic rings. The third-order valence-corrected chi connectivity index (χ3v) is 5.27. The average Bonchev–Trinajstić information content (AvgIpc) is 3.13. The Bertz CT molecular complexity index is 670. The van der Waals surface area contributed by atoms with Gasteiger partial charge in [0.2, 0.25) is 11.8 Å². The van der Waals surface area contributed by atoms with Crippen LogP contribution < -0.4 is 5.32 Å². The molecule has 0 fully saturated rings. The standard InChI is InChI=1S/C20H26N2O2S/c1-4-15(2)22(14-17-9-6-5-7-10-17)20(24)13-18(21-16(3)23)19-11-8-12-25-19/h5-12,15,18H,4,13-14H2,1-3H3,(H,21,23)/t15-,18-/m1/s1. The molecule has 1 heterocycles. The summed E-state index contributed by atoms with van der Waals surface area (Å²) in [5.41, 5.74) is 1.11. The molecule has 0 spiro atoms. The number of benzene rings is 1. The van der Waals surface area contributed by atoms with Crippen LogP contribution in [0.1, 0.15) is 50.1 Å².